The van der Waals surface area contributed by atoms with Gasteiger partial charge in [-0.3, -0.25) is 9.62 Å². The van der Waals surface area contributed by atoms with E-state index in [1.165, 1.54) is 11.1 Å². The normalized spacial score (nSPS) is 15.2. The maximum absolute atomic E-state index is 13.0. The predicted octanol–water partition coefficient (Wildman–Crippen LogP) is 5.08. The average molecular weight is 419 g/mol. The molecule has 4 nitrogen and oxygen atoms in total. The Morgan fingerprint density at radius 3 is 2.37 bits per heavy atom. The van der Waals surface area contributed by atoms with Crippen molar-refractivity contribution in [2.24, 2.45) is 0 Å². The molecule has 154 valence electrons. The second-order valence-electron chi connectivity index (χ2n) is 7.68. The van der Waals surface area contributed by atoms with Crippen LogP contribution in [0.2, 0.25) is 0 Å². The number of nitrogens with zero attached hydrogens (tertiary/aromatic N) is 1. The Morgan fingerprint density at radius 2 is 1.63 bits per heavy atom. The van der Waals surface area contributed by atoms with Crippen LogP contribution in [0.4, 0.5) is 5.69 Å². The largest absolute Gasteiger partial charge is 0.288 e. The Morgan fingerprint density at radius 1 is 0.967 bits per heavy atom. The van der Waals surface area contributed by atoms with Crippen LogP contribution in [-0.4, -0.2) is 19.9 Å². The summed E-state index contributed by atoms with van der Waals surface area (Å²) in [6, 6.07) is 22.8. The molecule has 1 aliphatic heterocycles. The van der Waals surface area contributed by atoms with Crippen molar-refractivity contribution in [2.45, 2.75) is 30.8 Å². The van der Waals surface area contributed by atoms with E-state index >= 15 is 0 Å². The van der Waals surface area contributed by atoms with Crippen molar-refractivity contribution in [3.63, 3.8) is 0 Å². The molecule has 0 amide bonds. The van der Waals surface area contributed by atoms with Gasteiger partial charge in [0.15, 0.2) is 0 Å². The molecule has 0 saturated heterocycles. The SMILES string of the molecule is C=C[C@@H](c1ccccc1NS(=O)(=O)c1ccc(C)cc1)N1CCc2ccccc2C1. The number of para-hydroxylation sites is 1. The molecule has 0 fully saturated rings. The summed E-state index contributed by atoms with van der Waals surface area (Å²) >= 11 is 0. The van der Waals surface area contributed by atoms with Gasteiger partial charge in [-0.15, -0.1) is 6.58 Å². The van der Waals surface area contributed by atoms with Crippen molar-refractivity contribution in [3.05, 3.63) is 108 Å². The van der Waals surface area contributed by atoms with E-state index in [0.29, 0.717) is 5.69 Å². The number of aryl methyl sites for hydroxylation is 1. The molecule has 3 aromatic rings. The van der Waals surface area contributed by atoms with Crippen LogP contribution in [0, 0.1) is 6.92 Å². The standard InChI is InChI=1S/C25H26N2O2S/c1-3-25(27-17-16-20-8-4-5-9-21(20)18-27)23-10-6-7-11-24(23)26-30(28,29)22-14-12-19(2)13-15-22/h3-15,25-26H,1,16-18H2,2H3/t25-/m0/s1. The Hall–Kier alpha value is -2.89. The number of hydrogen-bond acceptors (Lipinski definition) is 3. The molecule has 1 N–H and O–H groups in total. The van der Waals surface area contributed by atoms with Crippen LogP contribution in [0.25, 0.3) is 0 Å². The fourth-order valence-corrected chi connectivity index (χ4v) is 5.08. The smallest absolute Gasteiger partial charge is 0.261 e. The molecule has 5 heteroatoms. The molecule has 1 heterocycles. The Labute approximate surface area is 178 Å². The van der Waals surface area contributed by atoms with Crippen molar-refractivity contribution in [1.29, 1.82) is 0 Å². The topological polar surface area (TPSA) is 49.4 Å². The van der Waals surface area contributed by atoms with Crippen molar-refractivity contribution in [1.82, 2.24) is 4.90 Å². The van der Waals surface area contributed by atoms with Crippen LogP contribution >= 0.6 is 0 Å². The second kappa shape index (κ2) is 8.46. The van der Waals surface area contributed by atoms with Crippen LogP contribution in [0.3, 0.4) is 0 Å². The third-order valence-corrected chi connectivity index (χ3v) is 7.01. The molecule has 30 heavy (non-hydrogen) atoms. The van der Waals surface area contributed by atoms with Crippen LogP contribution < -0.4 is 4.72 Å². The van der Waals surface area contributed by atoms with E-state index in [2.05, 4.69) is 40.5 Å². The second-order valence-corrected chi connectivity index (χ2v) is 9.36. The van der Waals surface area contributed by atoms with Gasteiger partial charge in [-0.2, -0.15) is 0 Å². The summed E-state index contributed by atoms with van der Waals surface area (Å²) in [5.74, 6) is 0. The number of rotatable bonds is 6. The number of sulfonamides is 1. The minimum Gasteiger partial charge on any atom is -0.288 e. The minimum atomic E-state index is -3.68. The molecule has 1 atom stereocenters. The number of nitrogens with one attached hydrogen (secondary N) is 1. The average Bonchev–Trinajstić information content (AvgIpc) is 2.75. The molecular formula is C25H26N2O2S. The predicted molar refractivity (Wildman–Crippen MR) is 122 cm³/mol. The van der Waals surface area contributed by atoms with E-state index in [0.717, 1.165) is 30.6 Å². The van der Waals surface area contributed by atoms with E-state index in [9.17, 15) is 8.42 Å². The van der Waals surface area contributed by atoms with E-state index in [1.807, 2.05) is 37.3 Å². The van der Waals surface area contributed by atoms with Gasteiger partial charge in [0.1, 0.15) is 0 Å². The van der Waals surface area contributed by atoms with Crippen molar-refractivity contribution in [2.75, 3.05) is 11.3 Å². The first-order valence-corrected chi connectivity index (χ1v) is 11.6. The molecule has 0 saturated carbocycles. The molecule has 0 aromatic heterocycles. The summed E-state index contributed by atoms with van der Waals surface area (Å²) in [7, 11) is -3.68. The molecule has 0 bridgehead atoms. The number of fused-ring (bicyclic) bond motifs is 1. The Balaban J connectivity index is 1.64. The van der Waals surface area contributed by atoms with Gasteiger partial charge in [0.25, 0.3) is 10.0 Å². The highest BCUT2D eigenvalue weighted by molar-refractivity contribution is 7.92. The molecule has 1 aliphatic rings. The van der Waals surface area contributed by atoms with E-state index < -0.39 is 10.0 Å². The third kappa shape index (κ3) is 4.18. The third-order valence-electron chi connectivity index (χ3n) is 5.63. The Kier molecular flexibility index (Phi) is 5.75. The Bertz CT molecular complexity index is 1150. The number of anilines is 1. The first-order valence-electron chi connectivity index (χ1n) is 10.1. The van der Waals surface area contributed by atoms with Crippen LogP contribution in [0.1, 0.15) is 28.3 Å². The van der Waals surface area contributed by atoms with E-state index in [-0.39, 0.29) is 10.9 Å². The summed E-state index contributed by atoms with van der Waals surface area (Å²) in [4.78, 5) is 2.60. The van der Waals surface area contributed by atoms with Crippen molar-refractivity contribution in [3.8, 4) is 0 Å². The monoisotopic (exact) mass is 418 g/mol. The zero-order chi connectivity index (χ0) is 21.1. The molecule has 3 aromatic carbocycles. The van der Waals surface area contributed by atoms with Crippen molar-refractivity contribution < 1.29 is 8.42 Å². The van der Waals surface area contributed by atoms with Gasteiger partial charge in [0, 0.05) is 13.1 Å². The molecule has 0 spiro atoms. The lowest BCUT2D eigenvalue weighted by Crippen LogP contribution is -2.33. The number of benzene rings is 3. The van der Waals surface area contributed by atoms with Crippen LogP contribution in [0.5, 0.6) is 0 Å². The maximum Gasteiger partial charge on any atom is 0.261 e. The molecular weight excluding hydrogens is 392 g/mol. The lowest BCUT2D eigenvalue weighted by molar-refractivity contribution is 0.212. The lowest BCUT2D eigenvalue weighted by atomic mass is 9.96. The summed E-state index contributed by atoms with van der Waals surface area (Å²) in [6.45, 7) is 7.70. The first kappa shape index (κ1) is 20.4. The first-order chi connectivity index (χ1) is 14.5. The minimum absolute atomic E-state index is 0.0877. The lowest BCUT2D eigenvalue weighted by Gasteiger charge is -2.35. The van der Waals surface area contributed by atoms with E-state index in [1.54, 1.807) is 24.3 Å². The summed E-state index contributed by atoms with van der Waals surface area (Å²) < 4.78 is 28.7. The highest BCUT2D eigenvalue weighted by Gasteiger charge is 2.25. The maximum atomic E-state index is 13.0. The zero-order valence-corrected chi connectivity index (χ0v) is 17.9. The van der Waals surface area contributed by atoms with Gasteiger partial charge < -0.3 is 0 Å². The fourth-order valence-electron chi connectivity index (χ4n) is 4.00. The molecule has 0 unspecified atom stereocenters. The van der Waals surface area contributed by atoms with Gasteiger partial charge in [0.2, 0.25) is 0 Å². The van der Waals surface area contributed by atoms with Gasteiger partial charge in [0.05, 0.1) is 16.6 Å². The number of hydrogen-bond donors (Lipinski definition) is 1. The van der Waals surface area contributed by atoms with Gasteiger partial charge in [-0.25, -0.2) is 8.42 Å². The van der Waals surface area contributed by atoms with Gasteiger partial charge >= 0.3 is 0 Å². The van der Waals surface area contributed by atoms with Gasteiger partial charge in [-0.1, -0.05) is 66.2 Å². The zero-order valence-electron chi connectivity index (χ0n) is 17.1. The van der Waals surface area contributed by atoms with Crippen LogP contribution in [0.15, 0.2) is 90.3 Å². The summed E-state index contributed by atoms with van der Waals surface area (Å²) in [5.41, 5.74) is 5.20. The molecule has 0 aliphatic carbocycles. The van der Waals surface area contributed by atoms with Gasteiger partial charge in [-0.05, 0) is 48.2 Å². The highest BCUT2D eigenvalue weighted by Crippen LogP contribution is 2.33. The summed E-state index contributed by atoms with van der Waals surface area (Å²) in [6.07, 6.45) is 2.87. The van der Waals surface area contributed by atoms with Crippen LogP contribution in [-0.2, 0) is 23.0 Å². The summed E-state index contributed by atoms with van der Waals surface area (Å²) in [5, 5.41) is 0. The molecule has 0 radical (unpaired) electrons. The van der Waals surface area contributed by atoms with E-state index in [4.69, 9.17) is 0 Å². The van der Waals surface area contributed by atoms with Crippen molar-refractivity contribution >= 4 is 15.7 Å². The quantitative estimate of drug-likeness (QED) is 0.568. The fraction of sp³-hybridized carbons (Fsp3) is 0.200. The highest BCUT2D eigenvalue weighted by atomic mass is 32.2. The molecule has 4 rings (SSSR count).